The lowest BCUT2D eigenvalue weighted by Gasteiger charge is -2.11. The van der Waals surface area contributed by atoms with Crippen molar-refractivity contribution < 1.29 is 9.53 Å². The highest BCUT2D eigenvalue weighted by Gasteiger charge is 2.26. The van der Waals surface area contributed by atoms with Crippen LogP contribution in [0.15, 0.2) is 6.20 Å². The average Bonchev–Trinajstić information content (AvgIpc) is 3.11. The number of hydrogen-bond donors (Lipinski definition) is 2. The predicted molar refractivity (Wildman–Crippen MR) is 117 cm³/mol. The first-order valence-electron chi connectivity index (χ1n) is 9.92. The van der Waals surface area contributed by atoms with E-state index in [1.54, 1.807) is 11.3 Å². The smallest absolute Gasteiger partial charge is 0.341 e. The largest absolute Gasteiger partial charge is 0.462 e. The highest BCUT2D eigenvalue weighted by atomic mass is 32.1. The van der Waals surface area contributed by atoms with E-state index in [1.165, 1.54) is 17.7 Å². The molecule has 0 fully saturated rings. The minimum atomic E-state index is -0.257. The van der Waals surface area contributed by atoms with Gasteiger partial charge in [0.15, 0.2) is 5.11 Å². The fourth-order valence-corrected chi connectivity index (χ4v) is 4.99. The third-order valence-electron chi connectivity index (χ3n) is 4.94. The molecule has 0 saturated carbocycles. The number of esters is 1. The van der Waals surface area contributed by atoms with Crippen LogP contribution in [0.3, 0.4) is 0 Å². The number of fused-ring (bicyclic) bond motifs is 1. The SMILES string of the molecule is CCOC(=O)c1c(NC(=S)NCc2cn(CC)nc2C)sc2c1CCCCC2. The van der Waals surface area contributed by atoms with E-state index in [1.807, 2.05) is 24.7 Å². The Labute approximate surface area is 175 Å². The molecule has 8 heteroatoms. The molecule has 2 heterocycles. The first-order valence-corrected chi connectivity index (χ1v) is 11.1. The first-order chi connectivity index (χ1) is 13.5. The van der Waals surface area contributed by atoms with Crippen LogP contribution in [0.5, 0.6) is 0 Å². The molecule has 0 aliphatic heterocycles. The summed E-state index contributed by atoms with van der Waals surface area (Å²) < 4.78 is 7.24. The monoisotopic (exact) mass is 420 g/mol. The molecule has 0 amide bonds. The highest BCUT2D eigenvalue weighted by Crippen LogP contribution is 2.38. The Kier molecular flexibility index (Phi) is 7.07. The zero-order valence-electron chi connectivity index (χ0n) is 16.8. The molecule has 2 N–H and O–H groups in total. The van der Waals surface area contributed by atoms with Gasteiger partial charge < -0.3 is 15.4 Å². The van der Waals surface area contributed by atoms with E-state index < -0.39 is 0 Å². The minimum absolute atomic E-state index is 0.257. The molecule has 0 bridgehead atoms. The Bertz CT molecular complexity index is 857. The number of carbonyl (C=O) groups is 1. The number of nitrogens with zero attached hydrogens (tertiary/aromatic N) is 2. The van der Waals surface area contributed by atoms with Gasteiger partial charge in [0.05, 0.1) is 17.9 Å². The summed E-state index contributed by atoms with van der Waals surface area (Å²) in [6.07, 6.45) is 7.46. The number of carbonyl (C=O) groups excluding carboxylic acids is 1. The van der Waals surface area contributed by atoms with Crippen molar-refractivity contribution >= 4 is 39.6 Å². The molecule has 2 aromatic heterocycles. The molecule has 2 aromatic rings. The summed E-state index contributed by atoms with van der Waals surface area (Å²) in [5.74, 6) is -0.257. The highest BCUT2D eigenvalue weighted by molar-refractivity contribution is 7.80. The van der Waals surface area contributed by atoms with Gasteiger partial charge >= 0.3 is 5.97 Å². The quantitative estimate of drug-likeness (QED) is 0.415. The number of thiophene rings is 1. The van der Waals surface area contributed by atoms with Gasteiger partial charge in [0.2, 0.25) is 0 Å². The molecular weight excluding hydrogens is 392 g/mol. The van der Waals surface area contributed by atoms with E-state index in [9.17, 15) is 4.79 Å². The van der Waals surface area contributed by atoms with E-state index in [2.05, 4.69) is 22.7 Å². The van der Waals surface area contributed by atoms with E-state index in [4.69, 9.17) is 17.0 Å². The number of rotatable bonds is 6. The van der Waals surface area contributed by atoms with E-state index in [-0.39, 0.29) is 5.97 Å². The summed E-state index contributed by atoms with van der Waals surface area (Å²) in [5, 5.41) is 12.2. The molecule has 3 rings (SSSR count). The second-order valence-electron chi connectivity index (χ2n) is 6.89. The molecular formula is C20H28N4O2S2. The number of thiocarbonyl (C=S) groups is 1. The summed E-state index contributed by atoms with van der Waals surface area (Å²) in [4.78, 5) is 13.9. The van der Waals surface area contributed by atoms with Gasteiger partial charge in [-0.3, -0.25) is 4.68 Å². The molecule has 0 atom stereocenters. The molecule has 0 spiro atoms. The lowest BCUT2D eigenvalue weighted by atomic mass is 10.1. The van der Waals surface area contributed by atoms with Crippen molar-refractivity contribution in [1.82, 2.24) is 15.1 Å². The number of anilines is 1. The van der Waals surface area contributed by atoms with Crippen molar-refractivity contribution in [2.45, 2.75) is 66.0 Å². The maximum Gasteiger partial charge on any atom is 0.341 e. The number of ether oxygens (including phenoxy) is 1. The van der Waals surface area contributed by atoms with Gasteiger partial charge in [-0.15, -0.1) is 11.3 Å². The van der Waals surface area contributed by atoms with E-state index in [0.29, 0.717) is 23.8 Å². The van der Waals surface area contributed by atoms with Gasteiger partial charge in [-0.1, -0.05) is 6.42 Å². The van der Waals surface area contributed by atoms with Crippen molar-refractivity contribution in [3.8, 4) is 0 Å². The van der Waals surface area contributed by atoms with Crippen LogP contribution in [0.25, 0.3) is 0 Å². The van der Waals surface area contributed by atoms with Crippen LogP contribution in [-0.2, 0) is 30.7 Å². The number of aromatic nitrogens is 2. The van der Waals surface area contributed by atoms with Gasteiger partial charge in [-0.25, -0.2) is 4.79 Å². The van der Waals surface area contributed by atoms with Gasteiger partial charge in [-0.2, -0.15) is 5.10 Å². The predicted octanol–water partition coefficient (Wildman–Crippen LogP) is 4.21. The van der Waals surface area contributed by atoms with Crippen LogP contribution in [-0.4, -0.2) is 27.5 Å². The first kappa shape index (κ1) is 20.8. The van der Waals surface area contributed by atoms with Gasteiger partial charge in [0.1, 0.15) is 5.00 Å². The third kappa shape index (κ3) is 4.72. The molecule has 0 aromatic carbocycles. The average molecular weight is 421 g/mol. The molecule has 6 nitrogen and oxygen atoms in total. The zero-order chi connectivity index (χ0) is 20.1. The summed E-state index contributed by atoms with van der Waals surface area (Å²) in [7, 11) is 0. The van der Waals surface area contributed by atoms with Crippen LogP contribution in [0.4, 0.5) is 5.00 Å². The van der Waals surface area contributed by atoms with Gasteiger partial charge in [-0.05, 0) is 64.2 Å². The summed E-state index contributed by atoms with van der Waals surface area (Å²) >= 11 is 7.13. The molecule has 0 radical (unpaired) electrons. The Balaban J connectivity index is 1.74. The number of aryl methyl sites for hydroxylation is 3. The topological polar surface area (TPSA) is 68.2 Å². The Morgan fingerprint density at radius 3 is 2.82 bits per heavy atom. The Morgan fingerprint density at radius 1 is 1.32 bits per heavy atom. The van der Waals surface area contributed by atoms with E-state index >= 15 is 0 Å². The lowest BCUT2D eigenvalue weighted by Crippen LogP contribution is -2.28. The minimum Gasteiger partial charge on any atom is -0.462 e. The second-order valence-corrected chi connectivity index (χ2v) is 8.41. The fraction of sp³-hybridized carbons (Fsp3) is 0.550. The van der Waals surface area contributed by atoms with Gasteiger partial charge in [0.25, 0.3) is 0 Å². The van der Waals surface area contributed by atoms with Crippen molar-refractivity contribution in [2.75, 3.05) is 11.9 Å². The van der Waals surface area contributed by atoms with Crippen molar-refractivity contribution in [3.05, 3.63) is 33.5 Å². The normalized spacial score (nSPS) is 13.5. The van der Waals surface area contributed by atoms with Crippen LogP contribution < -0.4 is 10.6 Å². The molecule has 1 aliphatic rings. The molecule has 28 heavy (non-hydrogen) atoms. The third-order valence-corrected chi connectivity index (χ3v) is 6.39. The standard InChI is InChI=1S/C20H28N4O2S2/c1-4-24-12-14(13(3)23-24)11-21-20(27)22-18-17(19(25)26-5-2)15-9-7-6-8-10-16(15)28-18/h12H,4-11H2,1-3H3,(H2,21,22,27). The second kappa shape index (κ2) is 9.52. The van der Waals surface area contributed by atoms with Gasteiger partial charge in [0, 0.05) is 29.7 Å². The van der Waals surface area contributed by atoms with Crippen molar-refractivity contribution in [1.29, 1.82) is 0 Å². The molecule has 1 aliphatic carbocycles. The van der Waals surface area contributed by atoms with Crippen molar-refractivity contribution in [2.24, 2.45) is 0 Å². The van der Waals surface area contributed by atoms with Crippen LogP contribution in [0, 0.1) is 6.92 Å². The zero-order valence-corrected chi connectivity index (χ0v) is 18.4. The maximum atomic E-state index is 12.6. The van der Waals surface area contributed by atoms with E-state index in [0.717, 1.165) is 47.6 Å². The van der Waals surface area contributed by atoms with Crippen LogP contribution in [0.2, 0.25) is 0 Å². The van der Waals surface area contributed by atoms with Crippen LogP contribution >= 0.6 is 23.6 Å². The summed E-state index contributed by atoms with van der Waals surface area (Å²) in [5.41, 5.74) is 3.92. The summed E-state index contributed by atoms with van der Waals surface area (Å²) in [6.45, 7) is 7.69. The van der Waals surface area contributed by atoms with Crippen molar-refractivity contribution in [3.63, 3.8) is 0 Å². The lowest BCUT2D eigenvalue weighted by molar-refractivity contribution is 0.0527. The summed E-state index contributed by atoms with van der Waals surface area (Å²) in [6, 6.07) is 0. The molecule has 0 saturated heterocycles. The number of nitrogens with one attached hydrogen (secondary N) is 2. The number of hydrogen-bond acceptors (Lipinski definition) is 5. The molecule has 152 valence electrons. The maximum absolute atomic E-state index is 12.6. The fourth-order valence-electron chi connectivity index (χ4n) is 3.47. The Morgan fingerprint density at radius 2 is 2.11 bits per heavy atom. The Hall–Kier alpha value is -1.93. The van der Waals surface area contributed by atoms with Crippen LogP contribution in [0.1, 0.15) is 65.2 Å². The molecule has 0 unspecified atom stereocenters.